The Morgan fingerprint density at radius 2 is 1.90 bits per heavy atom. The van der Waals surface area contributed by atoms with E-state index in [0.29, 0.717) is 30.2 Å². The summed E-state index contributed by atoms with van der Waals surface area (Å²) in [6, 6.07) is 12.4. The van der Waals surface area contributed by atoms with Gasteiger partial charge in [0, 0.05) is 42.6 Å². The van der Waals surface area contributed by atoms with Crippen LogP contribution in [-0.4, -0.2) is 27.3 Å². The first-order valence-electron chi connectivity index (χ1n) is 10.3. The Morgan fingerprint density at radius 1 is 1.10 bits per heavy atom. The van der Waals surface area contributed by atoms with Crippen molar-refractivity contribution in [1.29, 1.82) is 5.26 Å². The lowest BCUT2D eigenvalue weighted by atomic mass is 9.90. The number of hydrogen-bond donors (Lipinski definition) is 1. The van der Waals surface area contributed by atoms with Crippen molar-refractivity contribution in [3.05, 3.63) is 65.6 Å². The van der Waals surface area contributed by atoms with E-state index in [0.717, 1.165) is 27.8 Å². The number of aryl methyl sites for hydroxylation is 1. The largest absolute Gasteiger partial charge is 0.473 e. The van der Waals surface area contributed by atoms with Crippen LogP contribution >= 0.6 is 0 Å². The summed E-state index contributed by atoms with van der Waals surface area (Å²) < 4.78 is 5.77. The van der Waals surface area contributed by atoms with Gasteiger partial charge in [0.1, 0.15) is 17.7 Å². The average Bonchev–Trinajstić information content (AvgIpc) is 2.72. The highest BCUT2D eigenvalue weighted by Gasteiger charge is 2.30. The summed E-state index contributed by atoms with van der Waals surface area (Å²) >= 11 is 0. The maximum absolute atomic E-state index is 9.55. The predicted molar refractivity (Wildman–Crippen MR) is 116 cm³/mol. The molecule has 3 aromatic rings. The lowest BCUT2D eigenvalue weighted by Gasteiger charge is -2.31. The predicted octanol–water partition coefficient (Wildman–Crippen LogP) is 5.02. The smallest absolute Gasteiger partial charge is 0.231 e. The van der Waals surface area contributed by atoms with Gasteiger partial charge in [0.05, 0.1) is 6.10 Å². The minimum atomic E-state index is -0.308. The molecule has 4 rings (SSSR count). The molecule has 0 unspecified atom stereocenters. The van der Waals surface area contributed by atoms with Gasteiger partial charge in [-0.05, 0) is 47.2 Å². The van der Waals surface area contributed by atoms with E-state index in [9.17, 15) is 10.4 Å². The van der Waals surface area contributed by atoms with Crippen LogP contribution in [0.25, 0.3) is 22.3 Å². The SMILES string of the molecule is Cc1cc(-c2cnc(OC3CC(O)C3)c(C#N)c2)ccc1-c1cnccc1C(C)C. The Balaban J connectivity index is 1.64. The molecule has 2 heterocycles. The molecule has 5 nitrogen and oxygen atoms in total. The number of nitriles is 1. The second kappa shape index (κ2) is 8.25. The van der Waals surface area contributed by atoms with Gasteiger partial charge in [-0.1, -0.05) is 32.0 Å². The van der Waals surface area contributed by atoms with Crippen LogP contribution in [0, 0.1) is 18.3 Å². The second-order valence-electron chi connectivity index (χ2n) is 8.20. The maximum Gasteiger partial charge on any atom is 0.231 e. The van der Waals surface area contributed by atoms with E-state index >= 15 is 0 Å². The van der Waals surface area contributed by atoms with Gasteiger partial charge in [0.15, 0.2) is 0 Å². The highest BCUT2D eigenvalue weighted by Crippen LogP contribution is 2.34. The lowest BCUT2D eigenvalue weighted by molar-refractivity contribution is -0.0129. The third-order valence-corrected chi connectivity index (χ3v) is 5.65. The zero-order valence-electron chi connectivity index (χ0n) is 17.5. The van der Waals surface area contributed by atoms with E-state index in [1.165, 1.54) is 5.56 Å². The monoisotopic (exact) mass is 399 g/mol. The van der Waals surface area contributed by atoms with Crippen molar-refractivity contribution in [3.63, 3.8) is 0 Å². The molecule has 0 atom stereocenters. The molecule has 30 heavy (non-hydrogen) atoms. The molecule has 0 bridgehead atoms. The molecule has 1 saturated carbocycles. The summed E-state index contributed by atoms with van der Waals surface area (Å²) in [5, 5.41) is 19.0. The van der Waals surface area contributed by atoms with Gasteiger partial charge in [-0.15, -0.1) is 0 Å². The molecule has 0 radical (unpaired) electrons. The van der Waals surface area contributed by atoms with Crippen LogP contribution < -0.4 is 4.74 Å². The molecule has 0 amide bonds. The summed E-state index contributed by atoms with van der Waals surface area (Å²) in [4.78, 5) is 8.71. The van der Waals surface area contributed by atoms with Gasteiger partial charge in [0.2, 0.25) is 5.88 Å². The number of aromatic nitrogens is 2. The first-order valence-corrected chi connectivity index (χ1v) is 10.3. The number of pyridine rings is 2. The maximum atomic E-state index is 9.55. The van der Waals surface area contributed by atoms with Gasteiger partial charge < -0.3 is 9.84 Å². The number of rotatable bonds is 5. The van der Waals surface area contributed by atoms with Gasteiger partial charge in [-0.25, -0.2) is 4.98 Å². The van der Waals surface area contributed by atoms with Gasteiger partial charge >= 0.3 is 0 Å². The van der Waals surface area contributed by atoms with Crippen molar-refractivity contribution in [2.24, 2.45) is 0 Å². The molecule has 1 aliphatic rings. The molecule has 1 N–H and O–H groups in total. The van der Waals surface area contributed by atoms with Crippen LogP contribution in [0.3, 0.4) is 0 Å². The van der Waals surface area contributed by atoms with Crippen LogP contribution in [-0.2, 0) is 0 Å². The third-order valence-electron chi connectivity index (χ3n) is 5.65. The molecule has 0 saturated heterocycles. The normalized spacial score (nSPS) is 18.0. The zero-order valence-corrected chi connectivity index (χ0v) is 17.5. The average molecular weight is 399 g/mol. The highest BCUT2D eigenvalue weighted by atomic mass is 16.5. The minimum Gasteiger partial charge on any atom is -0.473 e. The fourth-order valence-electron chi connectivity index (χ4n) is 3.86. The molecule has 2 aromatic heterocycles. The highest BCUT2D eigenvalue weighted by molar-refractivity contribution is 5.75. The van der Waals surface area contributed by atoms with E-state index in [-0.39, 0.29) is 12.2 Å². The number of benzene rings is 1. The van der Waals surface area contributed by atoms with E-state index in [4.69, 9.17) is 4.74 Å². The third kappa shape index (κ3) is 3.92. The van der Waals surface area contributed by atoms with E-state index in [2.05, 4.69) is 61.1 Å². The molecule has 1 aliphatic carbocycles. The van der Waals surface area contributed by atoms with Crippen molar-refractivity contribution >= 4 is 0 Å². The number of aliphatic hydroxyl groups is 1. The van der Waals surface area contributed by atoms with Gasteiger partial charge in [0.25, 0.3) is 0 Å². The van der Waals surface area contributed by atoms with Crippen LogP contribution in [0.1, 0.15) is 49.3 Å². The fraction of sp³-hybridized carbons (Fsp3) is 0.320. The minimum absolute atomic E-state index is 0.0680. The van der Waals surface area contributed by atoms with Gasteiger partial charge in [-0.3, -0.25) is 4.98 Å². The molecule has 1 fully saturated rings. The first kappa shape index (κ1) is 20.1. The topological polar surface area (TPSA) is 79.0 Å². The van der Waals surface area contributed by atoms with Crippen LogP contribution in [0.2, 0.25) is 0 Å². The summed E-state index contributed by atoms with van der Waals surface area (Å²) in [7, 11) is 0. The quantitative estimate of drug-likeness (QED) is 0.652. The first-order chi connectivity index (χ1) is 14.5. The number of aliphatic hydroxyl groups excluding tert-OH is 1. The fourth-order valence-corrected chi connectivity index (χ4v) is 3.86. The van der Waals surface area contributed by atoms with Gasteiger partial charge in [-0.2, -0.15) is 5.26 Å². The van der Waals surface area contributed by atoms with Crippen molar-refractivity contribution in [3.8, 4) is 34.2 Å². The molecular formula is C25H25N3O2. The van der Waals surface area contributed by atoms with E-state index in [1.54, 1.807) is 6.20 Å². The molecule has 5 heteroatoms. The lowest BCUT2D eigenvalue weighted by Crippen LogP contribution is -2.37. The Bertz CT molecular complexity index is 1110. The van der Waals surface area contributed by atoms with Crippen molar-refractivity contribution in [2.75, 3.05) is 0 Å². The Kier molecular flexibility index (Phi) is 5.52. The molecular weight excluding hydrogens is 374 g/mol. The summed E-state index contributed by atoms with van der Waals surface area (Å²) in [5.74, 6) is 0.747. The van der Waals surface area contributed by atoms with Crippen LogP contribution in [0.15, 0.2) is 48.9 Å². The Labute approximate surface area is 177 Å². The number of nitrogens with zero attached hydrogens (tertiary/aromatic N) is 3. The van der Waals surface area contributed by atoms with E-state index in [1.807, 2.05) is 18.5 Å². The Hall–Kier alpha value is -3.23. The van der Waals surface area contributed by atoms with Crippen molar-refractivity contribution < 1.29 is 9.84 Å². The molecule has 0 spiro atoms. The Morgan fingerprint density at radius 3 is 2.57 bits per heavy atom. The zero-order chi connectivity index (χ0) is 21.3. The summed E-state index contributed by atoms with van der Waals surface area (Å²) in [6.45, 7) is 6.46. The molecule has 1 aromatic carbocycles. The van der Waals surface area contributed by atoms with E-state index < -0.39 is 0 Å². The van der Waals surface area contributed by atoms with Crippen LogP contribution in [0.5, 0.6) is 5.88 Å². The van der Waals surface area contributed by atoms with Crippen molar-refractivity contribution in [1.82, 2.24) is 9.97 Å². The number of ether oxygens (including phenoxy) is 1. The molecule has 0 aliphatic heterocycles. The second-order valence-corrected chi connectivity index (χ2v) is 8.20. The number of hydrogen-bond acceptors (Lipinski definition) is 5. The molecule has 152 valence electrons. The van der Waals surface area contributed by atoms with Crippen LogP contribution in [0.4, 0.5) is 0 Å². The summed E-state index contributed by atoms with van der Waals surface area (Å²) in [6.07, 6.45) is 6.30. The van der Waals surface area contributed by atoms with Crippen molar-refractivity contribution in [2.45, 2.75) is 51.7 Å². The standard InChI is InChI=1S/C25H25N3O2/c1-15(2)22-6-7-27-14-24(22)23-5-4-17(8-16(23)3)19-9-18(12-26)25(28-13-19)30-21-10-20(29)11-21/h4-9,13-15,20-21,29H,10-11H2,1-3H3. The summed E-state index contributed by atoms with van der Waals surface area (Å²) in [5.41, 5.74) is 7.01.